The largest absolute Gasteiger partial charge is 0.478 e. The van der Waals surface area contributed by atoms with E-state index in [2.05, 4.69) is 10.6 Å². The second kappa shape index (κ2) is 8.17. The number of carboxylic acids is 1. The van der Waals surface area contributed by atoms with Gasteiger partial charge in [0.05, 0.1) is 17.5 Å². The Morgan fingerprint density at radius 1 is 1.17 bits per heavy atom. The first-order valence-electron chi connectivity index (χ1n) is 7.31. The Morgan fingerprint density at radius 3 is 2.30 bits per heavy atom. The number of hydrogen-bond donors (Lipinski definition) is 3. The van der Waals surface area contributed by atoms with E-state index >= 15 is 0 Å². The van der Waals surface area contributed by atoms with Crippen LogP contribution < -0.4 is 10.6 Å². The van der Waals surface area contributed by atoms with E-state index in [9.17, 15) is 14.4 Å². The molecule has 2 amide bonds. The molecule has 0 aliphatic heterocycles. The van der Waals surface area contributed by atoms with Crippen molar-refractivity contribution in [3.63, 3.8) is 0 Å². The van der Waals surface area contributed by atoms with Crippen LogP contribution in [0.15, 0.2) is 24.3 Å². The molecule has 0 fully saturated rings. The number of anilines is 1. The lowest BCUT2D eigenvalue weighted by Crippen LogP contribution is -2.34. The molecular formula is C16H22N2O5. The van der Waals surface area contributed by atoms with Gasteiger partial charge in [0.1, 0.15) is 6.61 Å². The van der Waals surface area contributed by atoms with Gasteiger partial charge in [-0.2, -0.15) is 0 Å². The topological polar surface area (TPSA) is 105 Å². The molecule has 0 aromatic heterocycles. The summed E-state index contributed by atoms with van der Waals surface area (Å²) in [5, 5.41) is 13.9. The van der Waals surface area contributed by atoms with Crippen LogP contribution in [0, 0.1) is 5.41 Å². The van der Waals surface area contributed by atoms with Crippen molar-refractivity contribution < 1.29 is 24.2 Å². The van der Waals surface area contributed by atoms with Crippen molar-refractivity contribution in [3.05, 3.63) is 29.8 Å². The predicted molar refractivity (Wildman–Crippen MR) is 85.5 cm³/mol. The third kappa shape index (κ3) is 5.98. The number of rotatable bonds is 7. The summed E-state index contributed by atoms with van der Waals surface area (Å²) in [6.45, 7) is 5.79. The zero-order valence-electron chi connectivity index (χ0n) is 13.5. The molecule has 0 bridgehead atoms. The molecule has 0 unspecified atom stereocenters. The van der Waals surface area contributed by atoms with E-state index in [1.807, 2.05) is 6.92 Å². The van der Waals surface area contributed by atoms with Crippen molar-refractivity contribution in [2.45, 2.75) is 27.2 Å². The van der Waals surface area contributed by atoms with Gasteiger partial charge in [-0.05, 0) is 44.5 Å². The maximum absolute atomic E-state index is 11.7. The van der Waals surface area contributed by atoms with Gasteiger partial charge in [-0.3, -0.25) is 4.79 Å². The molecule has 0 heterocycles. The van der Waals surface area contributed by atoms with Crippen LogP contribution in [0.4, 0.5) is 10.5 Å². The molecule has 0 radical (unpaired) electrons. The first-order valence-corrected chi connectivity index (χ1v) is 7.31. The van der Waals surface area contributed by atoms with E-state index in [1.165, 1.54) is 24.3 Å². The van der Waals surface area contributed by atoms with Crippen LogP contribution in [-0.2, 0) is 9.53 Å². The summed E-state index contributed by atoms with van der Waals surface area (Å²) >= 11 is 0. The van der Waals surface area contributed by atoms with E-state index < -0.39 is 17.4 Å². The summed E-state index contributed by atoms with van der Waals surface area (Å²) in [6, 6.07) is 5.32. The molecular weight excluding hydrogens is 300 g/mol. The molecule has 126 valence electrons. The van der Waals surface area contributed by atoms with Crippen molar-refractivity contribution in [2.24, 2.45) is 5.41 Å². The molecule has 0 saturated heterocycles. The highest BCUT2D eigenvalue weighted by atomic mass is 16.5. The van der Waals surface area contributed by atoms with Crippen LogP contribution in [0.5, 0.6) is 0 Å². The van der Waals surface area contributed by atoms with E-state index in [0.717, 1.165) is 0 Å². The molecule has 0 spiro atoms. The summed E-state index contributed by atoms with van der Waals surface area (Å²) in [4.78, 5) is 34.1. The average Bonchev–Trinajstić information content (AvgIpc) is 2.51. The summed E-state index contributed by atoms with van der Waals surface area (Å²) in [5.41, 5.74) is 0.0757. The highest BCUT2D eigenvalue weighted by Gasteiger charge is 2.26. The summed E-state index contributed by atoms with van der Waals surface area (Å²) in [7, 11) is 0. The summed E-state index contributed by atoms with van der Waals surface area (Å²) < 4.78 is 5.09. The fourth-order valence-corrected chi connectivity index (χ4v) is 1.52. The van der Waals surface area contributed by atoms with Crippen LogP contribution in [-0.4, -0.2) is 36.2 Å². The highest BCUT2D eigenvalue weighted by Crippen LogP contribution is 2.21. The monoisotopic (exact) mass is 322 g/mol. The molecule has 1 aromatic carbocycles. The lowest BCUT2D eigenvalue weighted by Gasteiger charge is -2.20. The minimum atomic E-state index is -1.03. The van der Waals surface area contributed by atoms with Gasteiger partial charge in [0.15, 0.2) is 0 Å². The van der Waals surface area contributed by atoms with Gasteiger partial charge < -0.3 is 20.5 Å². The van der Waals surface area contributed by atoms with Crippen molar-refractivity contribution in [3.8, 4) is 0 Å². The number of carbonyl (C=O) groups is 3. The fraction of sp³-hybridized carbons (Fsp3) is 0.438. The van der Waals surface area contributed by atoms with Crippen LogP contribution in [0.3, 0.4) is 0 Å². The lowest BCUT2D eigenvalue weighted by molar-refractivity contribution is -0.153. The predicted octanol–water partition coefficient (Wildman–Crippen LogP) is 2.49. The Kier molecular flexibility index (Phi) is 6.56. The molecule has 1 rings (SSSR count). The highest BCUT2D eigenvalue weighted by molar-refractivity contribution is 5.91. The van der Waals surface area contributed by atoms with Crippen LogP contribution in [0.25, 0.3) is 0 Å². The van der Waals surface area contributed by atoms with Gasteiger partial charge in [0.25, 0.3) is 0 Å². The van der Waals surface area contributed by atoms with Crippen LogP contribution >= 0.6 is 0 Å². The van der Waals surface area contributed by atoms with E-state index in [4.69, 9.17) is 9.84 Å². The number of nitrogens with one attached hydrogen (secondary N) is 2. The second-order valence-corrected chi connectivity index (χ2v) is 5.64. The van der Waals surface area contributed by atoms with E-state index in [0.29, 0.717) is 12.1 Å². The Labute approximate surface area is 135 Å². The maximum atomic E-state index is 11.7. The molecule has 23 heavy (non-hydrogen) atoms. The molecule has 0 aliphatic carbocycles. The normalized spacial score (nSPS) is 10.7. The number of hydrogen-bond acceptors (Lipinski definition) is 4. The molecule has 0 saturated carbocycles. The smallest absolute Gasteiger partial charge is 0.335 e. The lowest BCUT2D eigenvalue weighted by atomic mass is 9.91. The minimum Gasteiger partial charge on any atom is -0.478 e. The number of carbonyl (C=O) groups excluding carboxylic acids is 2. The summed E-state index contributed by atoms with van der Waals surface area (Å²) in [5.74, 6) is -1.33. The Bertz CT molecular complexity index is 566. The Hall–Kier alpha value is -2.57. The third-order valence-electron chi connectivity index (χ3n) is 3.45. The van der Waals surface area contributed by atoms with Gasteiger partial charge >= 0.3 is 18.0 Å². The SMILES string of the molecule is CCC(C)(C)C(=O)OCCNC(=O)Nc1ccc(C(=O)O)cc1. The van der Waals surface area contributed by atoms with Crippen LogP contribution in [0.1, 0.15) is 37.6 Å². The number of aromatic carboxylic acids is 1. The molecule has 7 heteroatoms. The number of ether oxygens (including phenoxy) is 1. The fourth-order valence-electron chi connectivity index (χ4n) is 1.52. The Morgan fingerprint density at radius 2 is 1.78 bits per heavy atom. The second-order valence-electron chi connectivity index (χ2n) is 5.64. The standard InChI is InChI=1S/C16H22N2O5/c1-4-16(2,3)14(21)23-10-9-17-15(22)18-12-7-5-11(6-8-12)13(19)20/h5-8H,4,9-10H2,1-3H3,(H,19,20)(H2,17,18,22). The molecule has 0 atom stereocenters. The van der Waals surface area contributed by atoms with Gasteiger partial charge in [-0.1, -0.05) is 6.92 Å². The van der Waals surface area contributed by atoms with Gasteiger partial charge in [0.2, 0.25) is 0 Å². The van der Waals surface area contributed by atoms with E-state index in [1.54, 1.807) is 13.8 Å². The molecule has 0 aliphatic rings. The van der Waals surface area contributed by atoms with Gasteiger partial charge in [0, 0.05) is 5.69 Å². The van der Waals surface area contributed by atoms with Crippen molar-refractivity contribution in [1.29, 1.82) is 0 Å². The molecule has 7 nitrogen and oxygen atoms in total. The first kappa shape index (κ1) is 18.5. The minimum absolute atomic E-state index is 0.0909. The van der Waals surface area contributed by atoms with Crippen molar-refractivity contribution in [2.75, 3.05) is 18.5 Å². The maximum Gasteiger partial charge on any atom is 0.335 e. The van der Waals surface area contributed by atoms with E-state index in [-0.39, 0.29) is 24.7 Å². The Balaban J connectivity index is 2.32. The number of amides is 2. The summed E-state index contributed by atoms with van der Waals surface area (Å²) in [6.07, 6.45) is 0.673. The number of esters is 1. The average molecular weight is 322 g/mol. The first-order chi connectivity index (χ1) is 10.8. The quantitative estimate of drug-likeness (QED) is 0.528. The van der Waals surface area contributed by atoms with Crippen LogP contribution in [0.2, 0.25) is 0 Å². The number of urea groups is 1. The molecule has 1 aromatic rings. The van der Waals surface area contributed by atoms with Crippen molar-refractivity contribution in [1.82, 2.24) is 5.32 Å². The third-order valence-corrected chi connectivity index (χ3v) is 3.45. The van der Waals surface area contributed by atoms with Crippen molar-refractivity contribution >= 4 is 23.7 Å². The number of carboxylic acid groups (broad SMARTS) is 1. The number of benzene rings is 1. The zero-order valence-corrected chi connectivity index (χ0v) is 13.5. The zero-order chi connectivity index (χ0) is 17.5. The van der Waals surface area contributed by atoms with Gasteiger partial charge in [-0.25, -0.2) is 9.59 Å². The van der Waals surface area contributed by atoms with Gasteiger partial charge in [-0.15, -0.1) is 0 Å². The molecule has 3 N–H and O–H groups in total.